The van der Waals surface area contributed by atoms with Crippen LogP contribution in [0.15, 0.2) is 67.3 Å². The van der Waals surface area contributed by atoms with Crippen molar-refractivity contribution in [3.63, 3.8) is 0 Å². The molecule has 0 aliphatic heterocycles. The Morgan fingerprint density at radius 3 is 2.43 bits per heavy atom. The van der Waals surface area contributed by atoms with Gasteiger partial charge in [0.1, 0.15) is 0 Å². The lowest BCUT2D eigenvalue weighted by atomic mass is 10.2. The molecule has 0 saturated heterocycles. The van der Waals surface area contributed by atoms with Crippen molar-refractivity contribution in [1.82, 2.24) is 4.90 Å². The second-order valence-corrected chi connectivity index (χ2v) is 6.51. The van der Waals surface area contributed by atoms with Crippen LogP contribution in [-0.4, -0.2) is 23.1 Å². The lowest BCUT2D eigenvalue weighted by Crippen LogP contribution is -2.32. The number of benzene rings is 2. The quantitative estimate of drug-likeness (QED) is 0.669. The molecule has 2 aromatic rings. The van der Waals surface area contributed by atoms with Gasteiger partial charge in [-0.1, -0.05) is 66.2 Å². The highest BCUT2D eigenvalue weighted by Crippen LogP contribution is 2.14. The summed E-state index contributed by atoms with van der Waals surface area (Å²) in [7, 11) is 0. The lowest BCUT2D eigenvalue weighted by molar-refractivity contribution is -0.128. The molecule has 120 valence electrons. The first-order valence-corrected chi connectivity index (χ1v) is 8.90. The van der Waals surface area contributed by atoms with E-state index in [-0.39, 0.29) is 5.91 Å². The minimum Gasteiger partial charge on any atom is -0.334 e. The van der Waals surface area contributed by atoms with Crippen molar-refractivity contribution in [2.24, 2.45) is 0 Å². The summed E-state index contributed by atoms with van der Waals surface area (Å²) in [5, 5.41) is 0. The highest BCUT2D eigenvalue weighted by atomic mass is 32.2. The number of aryl methyl sites for hydroxylation is 1. The third kappa shape index (κ3) is 5.95. The molecular weight excluding hydrogens is 302 g/mol. The maximum absolute atomic E-state index is 12.4. The number of hydrogen-bond acceptors (Lipinski definition) is 2. The Kier molecular flexibility index (Phi) is 6.95. The zero-order valence-corrected chi connectivity index (χ0v) is 14.4. The Balaban J connectivity index is 1.85. The van der Waals surface area contributed by atoms with Gasteiger partial charge >= 0.3 is 0 Å². The van der Waals surface area contributed by atoms with Crippen LogP contribution in [0.3, 0.4) is 0 Å². The van der Waals surface area contributed by atoms with Gasteiger partial charge in [-0.05, 0) is 18.1 Å². The summed E-state index contributed by atoms with van der Waals surface area (Å²) >= 11 is 1.66. The first kappa shape index (κ1) is 17.4. The number of amides is 1. The summed E-state index contributed by atoms with van der Waals surface area (Å²) in [4.78, 5) is 14.3. The van der Waals surface area contributed by atoms with E-state index in [9.17, 15) is 4.79 Å². The fourth-order valence-electron chi connectivity index (χ4n) is 2.25. The summed E-state index contributed by atoms with van der Waals surface area (Å²) in [6, 6.07) is 18.5. The van der Waals surface area contributed by atoms with Gasteiger partial charge < -0.3 is 4.90 Å². The van der Waals surface area contributed by atoms with E-state index in [4.69, 9.17) is 0 Å². The Labute approximate surface area is 143 Å². The van der Waals surface area contributed by atoms with Crippen LogP contribution in [0.2, 0.25) is 0 Å². The molecule has 0 unspecified atom stereocenters. The van der Waals surface area contributed by atoms with E-state index >= 15 is 0 Å². The summed E-state index contributed by atoms with van der Waals surface area (Å²) in [6.07, 6.45) is 1.78. The molecule has 0 N–H and O–H groups in total. The van der Waals surface area contributed by atoms with Crippen molar-refractivity contribution >= 4 is 17.7 Å². The normalized spacial score (nSPS) is 10.3. The van der Waals surface area contributed by atoms with E-state index in [2.05, 4.69) is 37.8 Å². The maximum atomic E-state index is 12.4. The molecule has 1 amide bonds. The van der Waals surface area contributed by atoms with Crippen molar-refractivity contribution in [1.29, 1.82) is 0 Å². The van der Waals surface area contributed by atoms with E-state index < -0.39 is 0 Å². The largest absolute Gasteiger partial charge is 0.334 e. The standard InChI is InChI=1S/C20H23NOS/c1-3-13-21(14-18-7-5-4-6-8-18)20(22)16-23-15-19-11-9-17(2)10-12-19/h3-12H,1,13-16H2,2H3. The van der Waals surface area contributed by atoms with Crippen molar-refractivity contribution in [2.45, 2.75) is 19.2 Å². The summed E-state index contributed by atoms with van der Waals surface area (Å²) in [5.74, 6) is 1.51. The van der Waals surface area contributed by atoms with Gasteiger partial charge in [0.15, 0.2) is 0 Å². The summed E-state index contributed by atoms with van der Waals surface area (Å²) in [6.45, 7) is 7.06. The molecule has 0 atom stereocenters. The van der Waals surface area contributed by atoms with E-state index in [1.807, 2.05) is 35.2 Å². The van der Waals surface area contributed by atoms with Gasteiger partial charge in [0.05, 0.1) is 5.75 Å². The van der Waals surface area contributed by atoms with Gasteiger partial charge in [0.25, 0.3) is 0 Å². The van der Waals surface area contributed by atoms with Crippen LogP contribution >= 0.6 is 11.8 Å². The third-order valence-electron chi connectivity index (χ3n) is 3.53. The number of carbonyl (C=O) groups excluding carboxylic acids is 1. The third-order valence-corrected chi connectivity index (χ3v) is 4.52. The Morgan fingerprint density at radius 2 is 1.78 bits per heavy atom. The molecule has 0 spiro atoms. The van der Waals surface area contributed by atoms with Crippen LogP contribution in [0.4, 0.5) is 0 Å². The molecule has 3 heteroatoms. The molecule has 0 bridgehead atoms. The van der Waals surface area contributed by atoms with E-state index in [1.54, 1.807) is 17.8 Å². The molecule has 0 aliphatic rings. The van der Waals surface area contributed by atoms with Gasteiger partial charge in [0, 0.05) is 18.8 Å². The first-order chi connectivity index (χ1) is 11.2. The van der Waals surface area contributed by atoms with Crippen LogP contribution in [-0.2, 0) is 17.1 Å². The molecule has 23 heavy (non-hydrogen) atoms. The molecule has 0 fully saturated rings. The predicted octanol–water partition coefficient (Wildman–Crippen LogP) is 4.44. The number of carbonyl (C=O) groups is 1. The number of nitrogens with zero attached hydrogens (tertiary/aromatic N) is 1. The molecule has 0 heterocycles. The lowest BCUT2D eigenvalue weighted by Gasteiger charge is -2.21. The van der Waals surface area contributed by atoms with Gasteiger partial charge in [-0.2, -0.15) is 0 Å². The first-order valence-electron chi connectivity index (χ1n) is 7.75. The molecule has 2 aromatic carbocycles. The van der Waals surface area contributed by atoms with Crippen molar-refractivity contribution < 1.29 is 4.79 Å². The van der Waals surface area contributed by atoms with Crippen molar-refractivity contribution in [2.75, 3.05) is 12.3 Å². The summed E-state index contributed by atoms with van der Waals surface area (Å²) in [5.41, 5.74) is 3.66. The Bertz CT molecular complexity index is 622. The van der Waals surface area contributed by atoms with Gasteiger partial charge in [-0.15, -0.1) is 18.3 Å². The smallest absolute Gasteiger partial charge is 0.233 e. The highest BCUT2D eigenvalue weighted by Gasteiger charge is 2.12. The molecule has 0 radical (unpaired) electrons. The predicted molar refractivity (Wildman–Crippen MR) is 99.4 cm³/mol. The monoisotopic (exact) mass is 325 g/mol. The van der Waals surface area contributed by atoms with E-state index in [0.717, 1.165) is 11.3 Å². The zero-order chi connectivity index (χ0) is 16.5. The minimum atomic E-state index is 0.158. The minimum absolute atomic E-state index is 0.158. The van der Waals surface area contributed by atoms with Crippen LogP contribution in [0.5, 0.6) is 0 Å². The number of hydrogen-bond donors (Lipinski definition) is 0. The van der Waals surface area contributed by atoms with Crippen LogP contribution in [0.25, 0.3) is 0 Å². The zero-order valence-electron chi connectivity index (χ0n) is 13.6. The Morgan fingerprint density at radius 1 is 1.09 bits per heavy atom. The second-order valence-electron chi connectivity index (χ2n) is 5.53. The highest BCUT2D eigenvalue weighted by molar-refractivity contribution is 7.99. The molecular formula is C20H23NOS. The maximum Gasteiger partial charge on any atom is 0.233 e. The molecule has 0 aromatic heterocycles. The van der Waals surface area contributed by atoms with Gasteiger partial charge in [0.2, 0.25) is 5.91 Å². The van der Waals surface area contributed by atoms with E-state index in [0.29, 0.717) is 18.8 Å². The second kappa shape index (κ2) is 9.21. The van der Waals surface area contributed by atoms with Crippen LogP contribution < -0.4 is 0 Å². The van der Waals surface area contributed by atoms with Gasteiger partial charge in [-0.25, -0.2) is 0 Å². The molecule has 2 rings (SSSR count). The average Bonchev–Trinajstić information content (AvgIpc) is 2.57. The topological polar surface area (TPSA) is 20.3 Å². The molecule has 2 nitrogen and oxygen atoms in total. The van der Waals surface area contributed by atoms with Crippen molar-refractivity contribution in [3.8, 4) is 0 Å². The number of thioether (sulfide) groups is 1. The fraction of sp³-hybridized carbons (Fsp3) is 0.250. The van der Waals surface area contributed by atoms with Crippen LogP contribution in [0.1, 0.15) is 16.7 Å². The SMILES string of the molecule is C=CCN(Cc1ccccc1)C(=O)CSCc1ccc(C)cc1. The van der Waals surface area contributed by atoms with E-state index in [1.165, 1.54) is 11.1 Å². The summed E-state index contributed by atoms with van der Waals surface area (Å²) < 4.78 is 0. The van der Waals surface area contributed by atoms with Crippen molar-refractivity contribution in [3.05, 3.63) is 83.9 Å². The molecule has 0 saturated carbocycles. The van der Waals surface area contributed by atoms with Crippen LogP contribution in [0, 0.1) is 6.92 Å². The molecule has 0 aliphatic carbocycles. The van der Waals surface area contributed by atoms with Gasteiger partial charge in [-0.3, -0.25) is 4.79 Å². The Hall–Kier alpha value is -2.00. The average molecular weight is 325 g/mol. The number of rotatable bonds is 8. The fourth-order valence-corrected chi connectivity index (χ4v) is 3.13.